The highest BCUT2D eigenvalue weighted by Crippen LogP contribution is 2.15. The van der Waals surface area contributed by atoms with Crippen LogP contribution in [0.3, 0.4) is 0 Å². The highest BCUT2D eigenvalue weighted by molar-refractivity contribution is 7.89. The molecule has 0 unspecified atom stereocenters. The number of hydrogen-bond acceptors (Lipinski definition) is 5. The summed E-state index contributed by atoms with van der Waals surface area (Å²) in [5.74, 6) is -0.0497. The Balaban J connectivity index is 1.42. The van der Waals surface area contributed by atoms with Crippen molar-refractivity contribution >= 4 is 27.5 Å². The first-order chi connectivity index (χ1) is 13.4. The van der Waals surface area contributed by atoms with Gasteiger partial charge < -0.3 is 4.90 Å². The largest absolute Gasteiger partial charge is 0.340 e. The third-order valence-electron chi connectivity index (χ3n) is 4.57. The van der Waals surface area contributed by atoms with E-state index < -0.39 is 10.0 Å². The molecule has 0 atom stereocenters. The summed E-state index contributed by atoms with van der Waals surface area (Å²) in [6.45, 7) is 3.64. The molecule has 2 aromatic rings. The Morgan fingerprint density at radius 2 is 1.89 bits per heavy atom. The Kier molecular flexibility index (Phi) is 7.01. The highest BCUT2D eigenvalue weighted by Gasteiger charge is 2.22. The summed E-state index contributed by atoms with van der Waals surface area (Å²) in [6, 6.07) is 11.9. The van der Waals surface area contributed by atoms with E-state index in [2.05, 4.69) is 14.6 Å². The molecule has 1 amide bonds. The number of rotatable bonds is 7. The van der Waals surface area contributed by atoms with Gasteiger partial charge in [0, 0.05) is 56.9 Å². The molecule has 9 heteroatoms. The predicted molar refractivity (Wildman–Crippen MR) is 107 cm³/mol. The SMILES string of the molecule is O=C(CCNS(=O)(=O)c1cccc(Cl)c1)N1CCN(Cc2ccccn2)CC1. The number of benzene rings is 1. The van der Waals surface area contributed by atoms with Crippen molar-refractivity contribution in [2.75, 3.05) is 32.7 Å². The van der Waals surface area contributed by atoms with Crippen molar-refractivity contribution in [2.24, 2.45) is 0 Å². The van der Waals surface area contributed by atoms with Crippen LogP contribution in [-0.2, 0) is 21.4 Å². The first-order valence-corrected chi connectivity index (χ1v) is 11.0. The van der Waals surface area contributed by atoms with Gasteiger partial charge in [0.2, 0.25) is 15.9 Å². The van der Waals surface area contributed by atoms with E-state index >= 15 is 0 Å². The monoisotopic (exact) mass is 422 g/mol. The van der Waals surface area contributed by atoms with Crippen LogP contribution in [0.15, 0.2) is 53.6 Å². The van der Waals surface area contributed by atoms with Crippen molar-refractivity contribution in [3.63, 3.8) is 0 Å². The van der Waals surface area contributed by atoms with Crippen molar-refractivity contribution in [3.05, 3.63) is 59.4 Å². The molecule has 3 rings (SSSR count). The minimum Gasteiger partial charge on any atom is -0.340 e. The van der Waals surface area contributed by atoms with E-state index in [1.54, 1.807) is 23.2 Å². The summed E-state index contributed by atoms with van der Waals surface area (Å²) >= 11 is 5.84. The van der Waals surface area contributed by atoms with Gasteiger partial charge in [-0.2, -0.15) is 0 Å². The summed E-state index contributed by atoms with van der Waals surface area (Å²) in [4.78, 5) is 20.8. The lowest BCUT2D eigenvalue weighted by molar-refractivity contribution is -0.132. The van der Waals surface area contributed by atoms with Crippen LogP contribution in [0.25, 0.3) is 0 Å². The van der Waals surface area contributed by atoms with Crippen LogP contribution in [0, 0.1) is 0 Å². The molecule has 7 nitrogen and oxygen atoms in total. The molecule has 150 valence electrons. The fourth-order valence-corrected chi connectivity index (χ4v) is 4.38. The van der Waals surface area contributed by atoms with Gasteiger partial charge in [-0.3, -0.25) is 14.7 Å². The average Bonchev–Trinajstić information content (AvgIpc) is 2.69. The summed E-state index contributed by atoms with van der Waals surface area (Å²) in [6.07, 6.45) is 1.90. The molecule has 2 heterocycles. The molecular formula is C19H23ClN4O3S. The van der Waals surface area contributed by atoms with Crippen molar-refractivity contribution in [3.8, 4) is 0 Å². The predicted octanol–water partition coefficient (Wildman–Crippen LogP) is 1.75. The lowest BCUT2D eigenvalue weighted by atomic mass is 10.2. The van der Waals surface area contributed by atoms with Gasteiger partial charge in [-0.05, 0) is 30.3 Å². The Morgan fingerprint density at radius 1 is 1.11 bits per heavy atom. The first kappa shape index (κ1) is 20.7. The van der Waals surface area contributed by atoms with Gasteiger partial charge in [-0.15, -0.1) is 0 Å². The van der Waals surface area contributed by atoms with E-state index in [1.807, 2.05) is 18.2 Å². The number of carbonyl (C=O) groups excluding carboxylic acids is 1. The molecule has 28 heavy (non-hydrogen) atoms. The van der Waals surface area contributed by atoms with E-state index in [-0.39, 0.29) is 23.8 Å². The van der Waals surface area contributed by atoms with Crippen molar-refractivity contribution < 1.29 is 13.2 Å². The van der Waals surface area contributed by atoms with E-state index in [9.17, 15) is 13.2 Å². The standard InChI is InChI=1S/C19H23ClN4O3S/c20-16-4-3-6-18(14-16)28(26,27)22-9-7-19(25)24-12-10-23(11-13-24)15-17-5-1-2-8-21-17/h1-6,8,14,22H,7,9-13,15H2. The van der Waals surface area contributed by atoms with E-state index in [1.165, 1.54) is 12.1 Å². The van der Waals surface area contributed by atoms with Crippen LogP contribution in [0.4, 0.5) is 0 Å². The van der Waals surface area contributed by atoms with Crippen LogP contribution < -0.4 is 4.72 Å². The third-order valence-corrected chi connectivity index (χ3v) is 6.27. The van der Waals surface area contributed by atoms with Gasteiger partial charge in [0.1, 0.15) is 0 Å². The minimum atomic E-state index is -3.67. The number of pyridine rings is 1. The summed E-state index contributed by atoms with van der Waals surface area (Å²) < 4.78 is 27.0. The highest BCUT2D eigenvalue weighted by atomic mass is 35.5. The smallest absolute Gasteiger partial charge is 0.240 e. The molecule has 1 N–H and O–H groups in total. The number of aromatic nitrogens is 1. The quantitative estimate of drug-likeness (QED) is 0.735. The van der Waals surface area contributed by atoms with Gasteiger partial charge in [0.05, 0.1) is 10.6 Å². The van der Waals surface area contributed by atoms with Crippen molar-refractivity contribution in [1.29, 1.82) is 0 Å². The molecule has 0 bridgehead atoms. The van der Waals surface area contributed by atoms with Crippen molar-refractivity contribution in [2.45, 2.75) is 17.9 Å². The normalized spacial score (nSPS) is 15.5. The number of hydrogen-bond donors (Lipinski definition) is 1. The van der Waals surface area contributed by atoms with E-state index in [0.29, 0.717) is 18.1 Å². The Labute approximate surface area is 170 Å². The molecular weight excluding hydrogens is 400 g/mol. The second kappa shape index (κ2) is 9.47. The van der Waals surface area contributed by atoms with Gasteiger partial charge in [-0.1, -0.05) is 23.7 Å². The van der Waals surface area contributed by atoms with Gasteiger partial charge in [0.25, 0.3) is 0 Å². The molecule has 1 aliphatic heterocycles. The number of piperazine rings is 1. The molecule has 0 radical (unpaired) electrons. The zero-order valence-electron chi connectivity index (χ0n) is 15.4. The molecule has 1 aromatic heterocycles. The average molecular weight is 423 g/mol. The number of nitrogens with zero attached hydrogens (tertiary/aromatic N) is 3. The van der Waals surface area contributed by atoms with Gasteiger partial charge in [0.15, 0.2) is 0 Å². The Bertz CT molecular complexity index is 900. The lowest BCUT2D eigenvalue weighted by Gasteiger charge is -2.34. The van der Waals surface area contributed by atoms with Crippen LogP contribution >= 0.6 is 11.6 Å². The fourth-order valence-electron chi connectivity index (χ4n) is 3.04. The fraction of sp³-hybridized carbons (Fsp3) is 0.368. The van der Waals surface area contributed by atoms with Crippen molar-refractivity contribution in [1.82, 2.24) is 19.5 Å². The molecule has 1 aromatic carbocycles. The van der Waals surface area contributed by atoms with E-state index in [4.69, 9.17) is 11.6 Å². The number of halogens is 1. The Hall–Kier alpha value is -2.00. The second-order valence-corrected chi connectivity index (χ2v) is 8.79. The van der Waals surface area contributed by atoms with Crippen LogP contribution in [0.1, 0.15) is 12.1 Å². The van der Waals surface area contributed by atoms with Gasteiger partial charge in [-0.25, -0.2) is 13.1 Å². The maximum atomic E-state index is 12.4. The zero-order chi connectivity index (χ0) is 20.0. The van der Waals surface area contributed by atoms with E-state index in [0.717, 1.165) is 25.3 Å². The molecule has 0 saturated carbocycles. The van der Waals surface area contributed by atoms with Crippen LogP contribution in [0.5, 0.6) is 0 Å². The number of sulfonamides is 1. The summed E-state index contributed by atoms with van der Waals surface area (Å²) in [5, 5.41) is 0.350. The molecule has 0 aliphatic carbocycles. The lowest BCUT2D eigenvalue weighted by Crippen LogP contribution is -2.48. The molecule has 1 saturated heterocycles. The first-order valence-electron chi connectivity index (χ1n) is 9.09. The number of nitrogens with one attached hydrogen (secondary N) is 1. The maximum absolute atomic E-state index is 12.4. The minimum absolute atomic E-state index is 0.0497. The second-order valence-electron chi connectivity index (χ2n) is 6.58. The molecule has 0 spiro atoms. The van der Waals surface area contributed by atoms with Crippen LogP contribution in [0.2, 0.25) is 5.02 Å². The summed E-state index contributed by atoms with van der Waals surface area (Å²) in [7, 11) is -3.67. The zero-order valence-corrected chi connectivity index (χ0v) is 17.0. The third kappa shape index (κ3) is 5.75. The van der Waals surface area contributed by atoms with Gasteiger partial charge >= 0.3 is 0 Å². The molecule has 1 aliphatic rings. The number of carbonyl (C=O) groups is 1. The number of amides is 1. The molecule has 1 fully saturated rings. The maximum Gasteiger partial charge on any atom is 0.240 e. The Morgan fingerprint density at radius 3 is 2.57 bits per heavy atom. The summed E-state index contributed by atoms with van der Waals surface area (Å²) in [5.41, 5.74) is 1.01. The topological polar surface area (TPSA) is 82.6 Å². The van der Waals surface area contributed by atoms with Crippen LogP contribution in [-0.4, -0.2) is 61.8 Å².